The molecule has 1 aliphatic carbocycles. The zero-order chi connectivity index (χ0) is 18.7. The quantitative estimate of drug-likeness (QED) is 0.846. The monoisotopic (exact) mass is 351 g/mol. The van der Waals surface area contributed by atoms with E-state index in [1.807, 2.05) is 43.5 Å². The summed E-state index contributed by atoms with van der Waals surface area (Å²) in [5, 5.41) is 2.99. The summed E-state index contributed by atoms with van der Waals surface area (Å²) >= 11 is 0. The number of anilines is 1. The number of aromatic nitrogens is 1. The Morgan fingerprint density at radius 1 is 1.12 bits per heavy atom. The fourth-order valence-electron chi connectivity index (χ4n) is 4.06. The van der Waals surface area contributed by atoms with E-state index in [2.05, 4.69) is 24.1 Å². The maximum absolute atomic E-state index is 12.6. The van der Waals surface area contributed by atoms with Crippen LogP contribution >= 0.6 is 0 Å². The van der Waals surface area contributed by atoms with Gasteiger partial charge in [-0.05, 0) is 61.4 Å². The number of nitrogens with one attached hydrogen (secondary N) is 1. The van der Waals surface area contributed by atoms with Crippen LogP contribution in [0.25, 0.3) is 11.1 Å². The molecule has 3 rings (SSSR count). The van der Waals surface area contributed by atoms with Crippen molar-refractivity contribution in [2.24, 2.45) is 11.1 Å². The zero-order valence-electron chi connectivity index (χ0n) is 16.0. The van der Waals surface area contributed by atoms with E-state index in [1.54, 1.807) is 0 Å². The van der Waals surface area contributed by atoms with E-state index >= 15 is 0 Å². The first-order valence-electron chi connectivity index (χ1n) is 9.50. The first-order valence-corrected chi connectivity index (χ1v) is 9.50. The number of pyridine rings is 1. The van der Waals surface area contributed by atoms with Gasteiger partial charge in [0, 0.05) is 23.1 Å². The third-order valence-electron chi connectivity index (χ3n) is 5.82. The van der Waals surface area contributed by atoms with Crippen LogP contribution in [0.15, 0.2) is 36.5 Å². The van der Waals surface area contributed by atoms with Crippen LogP contribution in [-0.2, 0) is 4.79 Å². The molecule has 4 heteroatoms. The highest BCUT2D eigenvalue weighted by atomic mass is 16.2. The third-order valence-corrected chi connectivity index (χ3v) is 5.82. The Balaban J connectivity index is 1.72. The van der Waals surface area contributed by atoms with Gasteiger partial charge in [0.2, 0.25) is 5.91 Å². The highest BCUT2D eigenvalue weighted by Gasteiger charge is 2.37. The molecule has 1 aliphatic rings. The summed E-state index contributed by atoms with van der Waals surface area (Å²) in [5.74, 6) is -0.0871. The number of hydrogen-bond donors (Lipinski definition) is 2. The lowest BCUT2D eigenvalue weighted by Crippen LogP contribution is -2.49. The normalized spacial score (nSPS) is 17.5. The molecule has 4 nitrogen and oxygen atoms in total. The van der Waals surface area contributed by atoms with E-state index in [0.717, 1.165) is 48.2 Å². The molecule has 0 bridgehead atoms. The van der Waals surface area contributed by atoms with Crippen LogP contribution in [0.4, 0.5) is 5.69 Å². The first kappa shape index (κ1) is 18.6. The van der Waals surface area contributed by atoms with Crippen molar-refractivity contribution in [3.05, 3.63) is 47.8 Å². The fourth-order valence-corrected chi connectivity index (χ4v) is 4.06. The molecule has 0 saturated heterocycles. The number of aryl methyl sites for hydroxylation is 2. The topological polar surface area (TPSA) is 68.0 Å². The molecular formula is C22H29N3O. The minimum Gasteiger partial charge on any atom is -0.325 e. The van der Waals surface area contributed by atoms with Crippen LogP contribution in [0.5, 0.6) is 0 Å². The Bertz CT molecular complexity index is 756. The van der Waals surface area contributed by atoms with Crippen molar-refractivity contribution in [2.45, 2.75) is 58.9 Å². The average Bonchev–Trinajstić information content (AvgIpc) is 2.63. The zero-order valence-corrected chi connectivity index (χ0v) is 16.0. The van der Waals surface area contributed by atoms with Gasteiger partial charge < -0.3 is 11.1 Å². The van der Waals surface area contributed by atoms with Crippen LogP contribution in [0.2, 0.25) is 0 Å². The minimum absolute atomic E-state index is 0.0871. The lowest BCUT2D eigenvalue weighted by molar-refractivity contribution is -0.120. The molecular weight excluding hydrogens is 322 g/mol. The molecule has 1 heterocycles. The second-order valence-corrected chi connectivity index (χ2v) is 7.85. The van der Waals surface area contributed by atoms with Crippen molar-refractivity contribution in [3.63, 3.8) is 0 Å². The number of carbonyl (C=O) groups excluding carboxylic acids is 1. The highest BCUT2D eigenvalue weighted by Crippen LogP contribution is 2.38. The summed E-state index contributed by atoms with van der Waals surface area (Å²) in [7, 11) is 0. The van der Waals surface area contributed by atoms with E-state index in [-0.39, 0.29) is 11.3 Å². The Morgan fingerprint density at radius 3 is 2.38 bits per heavy atom. The second kappa shape index (κ2) is 7.58. The van der Waals surface area contributed by atoms with Crippen molar-refractivity contribution in [1.29, 1.82) is 0 Å². The summed E-state index contributed by atoms with van der Waals surface area (Å²) in [6, 6.07) is 9.48. The summed E-state index contributed by atoms with van der Waals surface area (Å²) in [6.07, 6.45) is 7.46. The van der Waals surface area contributed by atoms with E-state index < -0.39 is 6.04 Å². The van der Waals surface area contributed by atoms with Crippen LogP contribution in [0.1, 0.15) is 50.3 Å². The lowest BCUT2D eigenvalue weighted by atomic mass is 9.70. The number of benzene rings is 1. The van der Waals surface area contributed by atoms with Gasteiger partial charge in [0.15, 0.2) is 0 Å². The number of hydrogen-bond acceptors (Lipinski definition) is 3. The van der Waals surface area contributed by atoms with Gasteiger partial charge in [0.1, 0.15) is 0 Å². The van der Waals surface area contributed by atoms with E-state index in [4.69, 9.17) is 5.73 Å². The smallest absolute Gasteiger partial charge is 0.241 e. The number of nitrogens with zero attached hydrogens (tertiary/aromatic N) is 1. The molecule has 1 fully saturated rings. The van der Waals surface area contributed by atoms with Crippen LogP contribution < -0.4 is 11.1 Å². The molecule has 0 spiro atoms. The van der Waals surface area contributed by atoms with Gasteiger partial charge >= 0.3 is 0 Å². The van der Waals surface area contributed by atoms with Crippen LogP contribution in [-0.4, -0.2) is 16.9 Å². The SMILES string of the molecule is Cc1ccnc(C)c1-c1ccc(NC(=O)C(N)C2(C)CCCCC2)cc1. The summed E-state index contributed by atoms with van der Waals surface area (Å²) < 4.78 is 0. The van der Waals surface area contributed by atoms with Crippen LogP contribution in [0, 0.1) is 19.3 Å². The predicted molar refractivity (Wildman–Crippen MR) is 107 cm³/mol. The summed E-state index contributed by atoms with van der Waals surface area (Å²) in [4.78, 5) is 17.0. The Labute approximate surface area is 156 Å². The van der Waals surface area contributed by atoms with E-state index in [9.17, 15) is 4.79 Å². The highest BCUT2D eigenvalue weighted by molar-refractivity contribution is 5.95. The Kier molecular flexibility index (Phi) is 5.42. The van der Waals surface area contributed by atoms with Gasteiger partial charge in [-0.25, -0.2) is 0 Å². The molecule has 0 aliphatic heterocycles. The fraction of sp³-hybridized carbons (Fsp3) is 0.455. The van der Waals surface area contributed by atoms with Crippen molar-refractivity contribution < 1.29 is 4.79 Å². The molecule has 1 unspecified atom stereocenters. The summed E-state index contributed by atoms with van der Waals surface area (Å²) in [5.41, 5.74) is 11.5. The number of amides is 1. The van der Waals surface area contributed by atoms with Crippen molar-refractivity contribution in [3.8, 4) is 11.1 Å². The largest absolute Gasteiger partial charge is 0.325 e. The first-order chi connectivity index (χ1) is 12.4. The van der Waals surface area contributed by atoms with Gasteiger partial charge in [-0.3, -0.25) is 9.78 Å². The molecule has 1 amide bonds. The van der Waals surface area contributed by atoms with Gasteiger partial charge in [0.05, 0.1) is 6.04 Å². The molecule has 1 aromatic carbocycles. The van der Waals surface area contributed by atoms with Crippen LogP contribution in [0.3, 0.4) is 0 Å². The van der Waals surface area contributed by atoms with E-state index in [1.165, 1.54) is 12.0 Å². The maximum atomic E-state index is 12.6. The number of carbonyl (C=O) groups is 1. The third kappa shape index (κ3) is 3.80. The Hall–Kier alpha value is -2.20. The van der Waals surface area contributed by atoms with Crippen molar-refractivity contribution >= 4 is 11.6 Å². The number of rotatable bonds is 4. The molecule has 1 atom stereocenters. The molecule has 1 saturated carbocycles. The molecule has 2 aromatic rings. The molecule has 3 N–H and O–H groups in total. The van der Waals surface area contributed by atoms with E-state index in [0.29, 0.717) is 0 Å². The van der Waals surface area contributed by atoms with Crippen molar-refractivity contribution in [1.82, 2.24) is 4.98 Å². The van der Waals surface area contributed by atoms with Gasteiger partial charge in [-0.2, -0.15) is 0 Å². The lowest BCUT2D eigenvalue weighted by Gasteiger charge is -2.37. The Morgan fingerprint density at radius 2 is 1.77 bits per heavy atom. The molecule has 138 valence electrons. The minimum atomic E-state index is -0.467. The standard InChI is InChI=1S/C22H29N3O/c1-15-11-14-24-16(2)19(15)17-7-9-18(10-8-17)25-21(26)20(23)22(3)12-5-4-6-13-22/h7-11,14,20H,4-6,12-13,23H2,1-3H3,(H,25,26). The summed E-state index contributed by atoms with van der Waals surface area (Å²) in [6.45, 7) is 6.25. The predicted octanol–water partition coefficient (Wildman–Crippen LogP) is 4.60. The maximum Gasteiger partial charge on any atom is 0.241 e. The van der Waals surface area contributed by atoms with Crippen molar-refractivity contribution in [2.75, 3.05) is 5.32 Å². The second-order valence-electron chi connectivity index (χ2n) is 7.85. The van der Waals surface area contributed by atoms with Gasteiger partial charge in [0.25, 0.3) is 0 Å². The molecule has 26 heavy (non-hydrogen) atoms. The average molecular weight is 351 g/mol. The van der Waals surface area contributed by atoms with Gasteiger partial charge in [-0.1, -0.05) is 38.3 Å². The molecule has 1 aromatic heterocycles. The number of nitrogens with two attached hydrogens (primary N) is 1. The molecule has 0 radical (unpaired) electrons. The van der Waals surface area contributed by atoms with Gasteiger partial charge in [-0.15, -0.1) is 0 Å².